The molecule has 2 heterocycles. The highest BCUT2D eigenvalue weighted by atomic mass is 32.2. The second kappa shape index (κ2) is 8.32. The lowest BCUT2D eigenvalue weighted by Crippen LogP contribution is -2.10. The van der Waals surface area contributed by atoms with E-state index in [4.69, 9.17) is 0 Å². The Bertz CT molecular complexity index is 1090. The number of rotatable bonds is 6. The lowest BCUT2D eigenvalue weighted by Gasteiger charge is -2.04. The summed E-state index contributed by atoms with van der Waals surface area (Å²) >= 11 is 2.68. The number of aryl methyl sites for hydroxylation is 1. The molecule has 0 radical (unpaired) electrons. The predicted octanol–water partition coefficient (Wildman–Crippen LogP) is 4.08. The van der Waals surface area contributed by atoms with Gasteiger partial charge < -0.3 is 5.32 Å². The van der Waals surface area contributed by atoms with Crippen LogP contribution in [-0.4, -0.2) is 31.1 Å². The Balaban J connectivity index is 1.45. The third-order valence-corrected chi connectivity index (χ3v) is 5.75. The summed E-state index contributed by atoms with van der Waals surface area (Å²) in [6.45, 7) is 2.09. The number of nitrogens with one attached hydrogen (secondary N) is 1. The lowest BCUT2D eigenvalue weighted by molar-refractivity contribution is 0.102. The Morgan fingerprint density at radius 2 is 1.93 bits per heavy atom. The molecule has 0 fully saturated rings. The van der Waals surface area contributed by atoms with Crippen molar-refractivity contribution in [2.24, 2.45) is 0 Å². The summed E-state index contributed by atoms with van der Waals surface area (Å²) in [5.41, 5.74) is 2.67. The number of anilines is 1. The van der Waals surface area contributed by atoms with Crippen LogP contribution in [0.3, 0.4) is 0 Å². The van der Waals surface area contributed by atoms with Gasteiger partial charge in [0.15, 0.2) is 4.34 Å². The number of nitrogens with zero attached hydrogens (tertiary/aromatic N) is 5. The number of amides is 1. The molecule has 2 aromatic carbocycles. The van der Waals surface area contributed by atoms with Crippen molar-refractivity contribution >= 4 is 34.0 Å². The Labute approximate surface area is 169 Å². The Morgan fingerprint density at radius 1 is 1.14 bits per heavy atom. The number of tetrazole rings is 1. The molecular weight excluding hydrogens is 392 g/mol. The van der Waals surface area contributed by atoms with Gasteiger partial charge in [0, 0.05) is 5.56 Å². The van der Waals surface area contributed by atoms with E-state index in [2.05, 4.69) is 32.6 Å². The molecule has 1 amide bonds. The molecule has 28 heavy (non-hydrogen) atoms. The SMILES string of the molecule is CCc1ccccc1-n1nnc(Sc2ncc(NC(=O)c3ccccc3)s2)n1. The quantitative estimate of drug-likeness (QED) is 0.517. The van der Waals surface area contributed by atoms with Crippen molar-refractivity contribution in [1.29, 1.82) is 0 Å². The van der Waals surface area contributed by atoms with Crippen molar-refractivity contribution in [1.82, 2.24) is 25.2 Å². The molecule has 4 rings (SSSR count). The molecule has 0 bridgehead atoms. The maximum atomic E-state index is 12.2. The first-order valence-corrected chi connectivity index (χ1v) is 10.2. The molecule has 0 unspecified atom stereocenters. The second-order valence-electron chi connectivity index (χ2n) is 5.76. The van der Waals surface area contributed by atoms with Gasteiger partial charge in [0.25, 0.3) is 5.91 Å². The lowest BCUT2D eigenvalue weighted by atomic mass is 10.1. The summed E-state index contributed by atoms with van der Waals surface area (Å²) in [7, 11) is 0. The molecule has 0 saturated carbocycles. The topological polar surface area (TPSA) is 85.6 Å². The van der Waals surface area contributed by atoms with Crippen LogP contribution < -0.4 is 5.32 Å². The smallest absolute Gasteiger partial charge is 0.256 e. The maximum absolute atomic E-state index is 12.2. The number of carbonyl (C=O) groups is 1. The van der Waals surface area contributed by atoms with E-state index in [0.717, 1.165) is 22.0 Å². The fourth-order valence-electron chi connectivity index (χ4n) is 2.56. The van der Waals surface area contributed by atoms with E-state index in [0.29, 0.717) is 15.7 Å². The van der Waals surface area contributed by atoms with Crippen molar-refractivity contribution < 1.29 is 4.79 Å². The number of thiazole rings is 1. The molecular formula is C19H16N6OS2. The summed E-state index contributed by atoms with van der Waals surface area (Å²) in [6, 6.07) is 17.0. The van der Waals surface area contributed by atoms with Crippen LogP contribution in [0.4, 0.5) is 5.00 Å². The van der Waals surface area contributed by atoms with Gasteiger partial charge in [-0.1, -0.05) is 54.7 Å². The minimum absolute atomic E-state index is 0.166. The molecule has 9 heteroatoms. The average Bonchev–Trinajstić information content (AvgIpc) is 3.38. The van der Waals surface area contributed by atoms with Crippen LogP contribution in [0.25, 0.3) is 5.69 Å². The fourth-order valence-corrected chi connectivity index (χ4v) is 4.22. The largest absolute Gasteiger partial charge is 0.312 e. The van der Waals surface area contributed by atoms with Gasteiger partial charge in [-0.25, -0.2) is 4.98 Å². The Hall–Kier alpha value is -3.04. The fraction of sp³-hybridized carbons (Fsp3) is 0.105. The summed E-state index contributed by atoms with van der Waals surface area (Å²) < 4.78 is 0.728. The molecule has 0 aliphatic carbocycles. The van der Waals surface area contributed by atoms with Gasteiger partial charge in [-0.3, -0.25) is 4.79 Å². The van der Waals surface area contributed by atoms with Crippen molar-refractivity contribution in [3.63, 3.8) is 0 Å². The van der Waals surface area contributed by atoms with E-state index < -0.39 is 0 Å². The van der Waals surface area contributed by atoms with E-state index >= 15 is 0 Å². The molecule has 1 N–H and O–H groups in total. The first-order valence-electron chi connectivity index (χ1n) is 8.61. The van der Waals surface area contributed by atoms with E-state index in [9.17, 15) is 4.79 Å². The molecule has 0 aliphatic heterocycles. The molecule has 7 nitrogen and oxygen atoms in total. The molecule has 140 valence electrons. The first-order chi connectivity index (χ1) is 13.7. The summed E-state index contributed by atoms with van der Waals surface area (Å²) in [6.07, 6.45) is 2.52. The predicted molar refractivity (Wildman–Crippen MR) is 109 cm³/mol. The summed E-state index contributed by atoms with van der Waals surface area (Å²) in [5, 5.41) is 16.7. The number of para-hydroxylation sites is 1. The van der Waals surface area contributed by atoms with E-state index in [1.165, 1.54) is 27.9 Å². The summed E-state index contributed by atoms with van der Waals surface area (Å²) in [5.74, 6) is -0.166. The van der Waals surface area contributed by atoms with Crippen LogP contribution in [0.1, 0.15) is 22.8 Å². The van der Waals surface area contributed by atoms with Gasteiger partial charge in [0.2, 0.25) is 5.16 Å². The van der Waals surface area contributed by atoms with Gasteiger partial charge in [-0.2, -0.15) is 0 Å². The van der Waals surface area contributed by atoms with Gasteiger partial charge in [0.1, 0.15) is 5.00 Å². The molecule has 0 saturated heterocycles. The van der Waals surface area contributed by atoms with Crippen molar-refractivity contribution in [2.45, 2.75) is 22.8 Å². The number of aromatic nitrogens is 5. The number of hydrogen-bond acceptors (Lipinski definition) is 7. The van der Waals surface area contributed by atoms with Crippen LogP contribution in [0.2, 0.25) is 0 Å². The number of carbonyl (C=O) groups excluding carboxylic acids is 1. The van der Waals surface area contributed by atoms with Crippen molar-refractivity contribution in [2.75, 3.05) is 5.32 Å². The van der Waals surface area contributed by atoms with Crippen molar-refractivity contribution in [3.05, 3.63) is 71.9 Å². The highest BCUT2D eigenvalue weighted by Crippen LogP contribution is 2.31. The standard InChI is InChI=1S/C19H16N6OS2/c1-2-13-8-6-7-11-15(13)25-23-18(22-24-25)28-19-20-12-16(27-19)21-17(26)14-9-4-3-5-10-14/h3-12H,2H2,1H3,(H,21,26). The average molecular weight is 409 g/mol. The Morgan fingerprint density at radius 3 is 2.75 bits per heavy atom. The maximum Gasteiger partial charge on any atom is 0.256 e. The molecule has 4 aromatic rings. The highest BCUT2D eigenvalue weighted by Gasteiger charge is 2.13. The first kappa shape index (κ1) is 18.3. The molecule has 0 aliphatic rings. The van der Waals surface area contributed by atoms with E-state index in [1.807, 2.05) is 42.5 Å². The zero-order valence-corrected chi connectivity index (χ0v) is 16.6. The molecule has 0 spiro atoms. The minimum atomic E-state index is -0.166. The second-order valence-corrected chi connectivity index (χ2v) is 8.00. The van der Waals surface area contributed by atoms with Gasteiger partial charge in [-0.15, -0.1) is 15.0 Å². The molecule has 0 atom stereocenters. The van der Waals surface area contributed by atoms with Crippen molar-refractivity contribution in [3.8, 4) is 5.69 Å². The Kier molecular flexibility index (Phi) is 5.45. The van der Waals surface area contributed by atoms with E-state index in [1.54, 1.807) is 18.3 Å². The highest BCUT2D eigenvalue weighted by molar-refractivity contribution is 8.00. The normalized spacial score (nSPS) is 10.8. The van der Waals surface area contributed by atoms with E-state index in [-0.39, 0.29) is 5.91 Å². The van der Waals surface area contributed by atoms with Crippen LogP contribution in [0, 0.1) is 0 Å². The third kappa shape index (κ3) is 4.10. The van der Waals surface area contributed by atoms with Crippen LogP contribution >= 0.6 is 23.1 Å². The van der Waals surface area contributed by atoms with Crippen LogP contribution in [-0.2, 0) is 6.42 Å². The van der Waals surface area contributed by atoms with Crippen LogP contribution in [0.5, 0.6) is 0 Å². The van der Waals surface area contributed by atoms with Gasteiger partial charge in [0.05, 0.1) is 11.9 Å². The molecule has 2 aromatic heterocycles. The third-order valence-electron chi connectivity index (χ3n) is 3.92. The van der Waals surface area contributed by atoms with Gasteiger partial charge >= 0.3 is 0 Å². The monoisotopic (exact) mass is 408 g/mol. The summed E-state index contributed by atoms with van der Waals surface area (Å²) in [4.78, 5) is 18.1. The van der Waals surface area contributed by atoms with Gasteiger partial charge in [-0.05, 0) is 47.2 Å². The number of benzene rings is 2. The number of hydrogen-bond donors (Lipinski definition) is 1. The zero-order valence-electron chi connectivity index (χ0n) is 14.9. The van der Waals surface area contributed by atoms with Crippen LogP contribution in [0.15, 0.2) is 70.3 Å². The minimum Gasteiger partial charge on any atom is -0.312 e. The zero-order chi connectivity index (χ0) is 19.3.